The normalized spacial score (nSPS) is 33.4. The summed E-state index contributed by atoms with van der Waals surface area (Å²) in [4.78, 5) is 0. The minimum absolute atomic E-state index is 0.350. The number of hydrogen-bond donors (Lipinski definition) is 2. The molecule has 0 aromatic rings. The van der Waals surface area contributed by atoms with Gasteiger partial charge in [0.2, 0.25) is 0 Å². The maximum atomic E-state index is 10.4. The Morgan fingerprint density at radius 2 is 1.93 bits per heavy atom. The first-order valence-electron chi connectivity index (χ1n) is 6.14. The highest BCUT2D eigenvalue weighted by Gasteiger charge is 2.36. The van der Waals surface area contributed by atoms with Gasteiger partial charge < -0.3 is 10.4 Å². The molecule has 0 aromatic carbocycles. The summed E-state index contributed by atoms with van der Waals surface area (Å²) in [6, 6.07) is 0.350. The lowest BCUT2D eigenvalue weighted by Gasteiger charge is -2.32. The van der Waals surface area contributed by atoms with E-state index < -0.39 is 5.60 Å². The van der Waals surface area contributed by atoms with Crippen molar-refractivity contribution in [1.82, 2.24) is 5.32 Å². The van der Waals surface area contributed by atoms with Crippen molar-refractivity contribution in [1.29, 1.82) is 0 Å². The van der Waals surface area contributed by atoms with Crippen LogP contribution in [0.4, 0.5) is 0 Å². The number of nitrogens with one attached hydrogen (secondary N) is 1. The molecule has 1 heterocycles. The minimum atomic E-state index is -0.467. The van der Waals surface area contributed by atoms with Gasteiger partial charge in [0, 0.05) is 6.04 Å². The Morgan fingerprint density at radius 3 is 2.50 bits per heavy atom. The highest BCUT2D eigenvalue weighted by molar-refractivity contribution is 4.93. The van der Waals surface area contributed by atoms with Crippen LogP contribution in [0.2, 0.25) is 0 Å². The second-order valence-electron chi connectivity index (χ2n) is 5.36. The summed E-state index contributed by atoms with van der Waals surface area (Å²) in [5, 5.41) is 13.8. The molecule has 0 amide bonds. The Kier molecular flexibility index (Phi) is 3.13. The Labute approximate surface area is 87.1 Å². The van der Waals surface area contributed by atoms with Crippen molar-refractivity contribution in [3.05, 3.63) is 0 Å². The molecule has 14 heavy (non-hydrogen) atoms. The van der Waals surface area contributed by atoms with Crippen LogP contribution in [0.1, 0.15) is 51.9 Å². The lowest BCUT2D eigenvalue weighted by Crippen LogP contribution is -2.46. The van der Waals surface area contributed by atoms with E-state index >= 15 is 0 Å². The van der Waals surface area contributed by atoms with E-state index in [4.69, 9.17) is 0 Å². The first-order chi connectivity index (χ1) is 6.68. The monoisotopic (exact) mass is 197 g/mol. The van der Waals surface area contributed by atoms with Gasteiger partial charge in [-0.3, -0.25) is 0 Å². The van der Waals surface area contributed by atoms with E-state index in [9.17, 15) is 5.11 Å². The van der Waals surface area contributed by atoms with Gasteiger partial charge >= 0.3 is 0 Å². The zero-order valence-corrected chi connectivity index (χ0v) is 9.26. The van der Waals surface area contributed by atoms with E-state index in [0.717, 1.165) is 25.3 Å². The third-order valence-electron chi connectivity index (χ3n) is 3.99. The molecular formula is C12H23NO. The van der Waals surface area contributed by atoms with Crippen molar-refractivity contribution in [3.63, 3.8) is 0 Å². The van der Waals surface area contributed by atoms with Crippen LogP contribution in [0.25, 0.3) is 0 Å². The van der Waals surface area contributed by atoms with E-state index in [1.807, 2.05) is 6.92 Å². The molecule has 2 aliphatic rings. The van der Waals surface area contributed by atoms with Gasteiger partial charge in [0.1, 0.15) is 0 Å². The molecule has 2 nitrogen and oxygen atoms in total. The van der Waals surface area contributed by atoms with Crippen LogP contribution in [0.5, 0.6) is 0 Å². The maximum Gasteiger partial charge on any atom is 0.0774 e. The zero-order chi connectivity index (χ0) is 10.0. The minimum Gasteiger partial charge on any atom is -0.389 e. The average Bonchev–Trinajstić information content (AvgIpc) is 2.71. The number of rotatable bonds is 3. The third-order valence-corrected chi connectivity index (χ3v) is 3.99. The zero-order valence-electron chi connectivity index (χ0n) is 9.26. The first-order valence-corrected chi connectivity index (χ1v) is 6.14. The first kappa shape index (κ1) is 10.4. The van der Waals surface area contributed by atoms with Crippen LogP contribution in [0, 0.1) is 5.92 Å². The van der Waals surface area contributed by atoms with Gasteiger partial charge in [0.15, 0.2) is 0 Å². The van der Waals surface area contributed by atoms with Crippen molar-refractivity contribution in [2.75, 3.05) is 6.54 Å². The molecule has 0 spiro atoms. The SMILES string of the molecule is CC(O)(CC1CCCC1)C1CCCN1. The summed E-state index contributed by atoms with van der Waals surface area (Å²) >= 11 is 0. The Morgan fingerprint density at radius 1 is 1.21 bits per heavy atom. The van der Waals surface area contributed by atoms with Crippen LogP contribution in [0.3, 0.4) is 0 Å². The van der Waals surface area contributed by atoms with Crippen LogP contribution in [-0.2, 0) is 0 Å². The highest BCUT2D eigenvalue weighted by Crippen LogP contribution is 2.34. The quantitative estimate of drug-likeness (QED) is 0.726. The highest BCUT2D eigenvalue weighted by atomic mass is 16.3. The van der Waals surface area contributed by atoms with Crippen molar-refractivity contribution in [2.24, 2.45) is 5.92 Å². The van der Waals surface area contributed by atoms with Crippen molar-refractivity contribution in [2.45, 2.75) is 63.5 Å². The van der Waals surface area contributed by atoms with Gasteiger partial charge in [0.25, 0.3) is 0 Å². The molecule has 2 heteroatoms. The van der Waals surface area contributed by atoms with Gasteiger partial charge in [-0.1, -0.05) is 25.7 Å². The number of hydrogen-bond acceptors (Lipinski definition) is 2. The fraction of sp³-hybridized carbons (Fsp3) is 1.00. The standard InChI is InChI=1S/C12H23NO/c1-12(14,11-7-4-8-13-11)9-10-5-2-3-6-10/h10-11,13-14H,2-9H2,1H3. The molecule has 0 aromatic heterocycles. The van der Waals surface area contributed by atoms with Crippen molar-refractivity contribution in [3.8, 4) is 0 Å². The van der Waals surface area contributed by atoms with E-state index in [1.54, 1.807) is 0 Å². The largest absolute Gasteiger partial charge is 0.389 e. The molecule has 2 rings (SSSR count). The summed E-state index contributed by atoms with van der Waals surface area (Å²) < 4.78 is 0. The summed E-state index contributed by atoms with van der Waals surface area (Å²) in [6.45, 7) is 3.11. The topological polar surface area (TPSA) is 32.3 Å². The fourth-order valence-corrected chi connectivity index (χ4v) is 3.16. The molecule has 1 saturated heterocycles. The van der Waals surface area contributed by atoms with Crippen LogP contribution < -0.4 is 5.32 Å². The molecule has 82 valence electrons. The lowest BCUT2D eigenvalue weighted by molar-refractivity contribution is 0.00330. The molecule has 0 radical (unpaired) electrons. The second kappa shape index (κ2) is 4.19. The maximum absolute atomic E-state index is 10.4. The van der Waals surface area contributed by atoms with E-state index in [2.05, 4.69) is 5.32 Å². The molecule has 2 atom stereocenters. The van der Waals surface area contributed by atoms with E-state index in [0.29, 0.717) is 6.04 Å². The number of aliphatic hydroxyl groups is 1. The van der Waals surface area contributed by atoms with Gasteiger partial charge in [-0.2, -0.15) is 0 Å². The second-order valence-corrected chi connectivity index (χ2v) is 5.36. The summed E-state index contributed by atoms with van der Waals surface area (Å²) in [5.74, 6) is 0.785. The molecule has 1 saturated carbocycles. The van der Waals surface area contributed by atoms with Gasteiger partial charge in [-0.15, -0.1) is 0 Å². The van der Waals surface area contributed by atoms with E-state index in [-0.39, 0.29) is 0 Å². The summed E-state index contributed by atoms with van der Waals surface area (Å²) in [6.07, 6.45) is 8.80. The molecule has 2 unspecified atom stereocenters. The van der Waals surface area contributed by atoms with Gasteiger partial charge in [-0.25, -0.2) is 0 Å². The summed E-state index contributed by atoms with van der Waals surface area (Å²) in [5.41, 5.74) is -0.467. The Hall–Kier alpha value is -0.0800. The predicted octanol–water partition coefficient (Wildman–Crippen LogP) is 2.07. The molecule has 1 aliphatic carbocycles. The Bertz CT molecular complexity index is 179. The fourth-order valence-electron chi connectivity index (χ4n) is 3.16. The van der Waals surface area contributed by atoms with Gasteiger partial charge in [-0.05, 0) is 38.6 Å². The average molecular weight is 197 g/mol. The predicted molar refractivity (Wildman–Crippen MR) is 58.2 cm³/mol. The Balaban J connectivity index is 1.86. The lowest BCUT2D eigenvalue weighted by atomic mass is 9.84. The molecule has 0 bridgehead atoms. The smallest absolute Gasteiger partial charge is 0.0774 e. The molecule has 2 N–H and O–H groups in total. The molecular weight excluding hydrogens is 174 g/mol. The van der Waals surface area contributed by atoms with Crippen molar-refractivity contribution >= 4 is 0 Å². The van der Waals surface area contributed by atoms with Gasteiger partial charge in [0.05, 0.1) is 5.60 Å². The van der Waals surface area contributed by atoms with Crippen LogP contribution in [-0.4, -0.2) is 23.3 Å². The van der Waals surface area contributed by atoms with E-state index in [1.165, 1.54) is 32.1 Å². The van der Waals surface area contributed by atoms with Crippen LogP contribution >= 0.6 is 0 Å². The molecule has 2 fully saturated rings. The molecule has 1 aliphatic heterocycles. The van der Waals surface area contributed by atoms with Crippen molar-refractivity contribution < 1.29 is 5.11 Å². The summed E-state index contributed by atoms with van der Waals surface area (Å²) in [7, 11) is 0. The third kappa shape index (κ3) is 2.29. The van der Waals surface area contributed by atoms with Crippen LogP contribution in [0.15, 0.2) is 0 Å².